The molecule has 2 heterocycles. The average molecular weight is 362 g/mol. The number of carbonyl (C=O) groups excluding carboxylic acids is 1. The van der Waals surface area contributed by atoms with Crippen molar-refractivity contribution in [3.63, 3.8) is 0 Å². The highest BCUT2D eigenvalue weighted by Crippen LogP contribution is 2.26. The summed E-state index contributed by atoms with van der Waals surface area (Å²) in [6.07, 6.45) is 0.538. The van der Waals surface area contributed by atoms with Gasteiger partial charge in [0.2, 0.25) is 5.91 Å². The molecule has 5 heteroatoms. The molecule has 0 radical (unpaired) electrons. The van der Waals surface area contributed by atoms with Crippen molar-refractivity contribution in [3.05, 3.63) is 52.7 Å². The van der Waals surface area contributed by atoms with E-state index >= 15 is 0 Å². The molecule has 134 valence electrons. The molecule has 1 N–H and O–H groups in total. The number of anilines is 1. The maximum Gasteiger partial charge on any atom is 0.226 e. The predicted octanol–water partition coefficient (Wildman–Crippen LogP) is 3.69. The van der Waals surface area contributed by atoms with Crippen LogP contribution in [0, 0.1) is 0 Å². The Labute approximate surface area is 157 Å². The van der Waals surface area contributed by atoms with E-state index < -0.39 is 19.4 Å². The summed E-state index contributed by atoms with van der Waals surface area (Å²) < 4.78 is 22.4. The first-order chi connectivity index (χ1) is 13.3. The number of thiophene rings is 1. The molecule has 1 fully saturated rings. The normalized spacial score (nSPS) is 19.6. The van der Waals surface area contributed by atoms with Gasteiger partial charge in [-0.2, -0.15) is 0 Å². The standard InChI is InChI=1S/C20H26N2O2S/c1-2-20(24)22(16-7-4-3-5-8-16)17-10-12-21(13-11-17)15-18(23)19-9-6-14-25-19/h3-9,14,17-18,23H,2,10-13,15H2,1H3/i1D3. The van der Waals surface area contributed by atoms with Crippen molar-refractivity contribution in [1.29, 1.82) is 0 Å². The van der Waals surface area contributed by atoms with Crippen molar-refractivity contribution in [2.45, 2.75) is 38.3 Å². The van der Waals surface area contributed by atoms with Crippen LogP contribution in [0.1, 0.15) is 41.2 Å². The number of amides is 1. The first-order valence-corrected chi connectivity index (χ1v) is 9.52. The number of carbonyl (C=O) groups is 1. The summed E-state index contributed by atoms with van der Waals surface area (Å²) in [6, 6.07) is 13.1. The molecule has 1 aliphatic rings. The van der Waals surface area contributed by atoms with Gasteiger partial charge in [0, 0.05) is 46.8 Å². The van der Waals surface area contributed by atoms with Crippen LogP contribution < -0.4 is 4.90 Å². The second kappa shape index (κ2) is 8.61. The van der Waals surface area contributed by atoms with E-state index in [1.54, 1.807) is 16.2 Å². The summed E-state index contributed by atoms with van der Waals surface area (Å²) >= 11 is 1.55. The molecule has 0 bridgehead atoms. The molecular weight excluding hydrogens is 332 g/mol. The highest BCUT2D eigenvalue weighted by molar-refractivity contribution is 7.10. The molecule has 1 aliphatic heterocycles. The largest absolute Gasteiger partial charge is 0.386 e. The second-order valence-electron chi connectivity index (χ2n) is 6.34. The van der Waals surface area contributed by atoms with Gasteiger partial charge in [-0.1, -0.05) is 31.1 Å². The molecule has 2 aromatic rings. The molecular formula is C20H26N2O2S. The molecule has 1 aromatic carbocycles. The lowest BCUT2D eigenvalue weighted by Gasteiger charge is -2.39. The number of para-hydroxylation sites is 1. The zero-order chi connectivity index (χ0) is 20.1. The maximum absolute atomic E-state index is 12.8. The van der Waals surface area contributed by atoms with Gasteiger partial charge in [0.25, 0.3) is 0 Å². The van der Waals surface area contributed by atoms with E-state index in [-0.39, 0.29) is 11.9 Å². The first-order valence-electron chi connectivity index (χ1n) is 10.1. The van der Waals surface area contributed by atoms with E-state index in [1.165, 1.54) is 0 Å². The van der Waals surface area contributed by atoms with Gasteiger partial charge in [0.05, 0.1) is 0 Å². The van der Waals surface area contributed by atoms with E-state index in [0.29, 0.717) is 6.54 Å². The minimum absolute atomic E-state index is 0.0348. The summed E-state index contributed by atoms with van der Waals surface area (Å²) in [7, 11) is 0. The molecule has 0 spiro atoms. The van der Waals surface area contributed by atoms with Crippen LogP contribution >= 0.6 is 11.3 Å². The van der Waals surface area contributed by atoms with Crippen LogP contribution in [0.15, 0.2) is 47.8 Å². The van der Waals surface area contributed by atoms with Gasteiger partial charge in [-0.25, -0.2) is 0 Å². The smallest absolute Gasteiger partial charge is 0.226 e. The molecule has 0 saturated carbocycles. The quantitative estimate of drug-likeness (QED) is 0.853. The van der Waals surface area contributed by atoms with Gasteiger partial charge in [-0.05, 0) is 36.4 Å². The summed E-state index contributed by atoms with van der Waals surface area (Å²) in [5.41, 5.74) is 0.744. The topological polar surface area (TPSA) is 43.8 Å². The maximum atomic E-state index is 12.8. The van der Waals surface area contributed by atoms with Crippen LogP contribution in [0.2, 0.25) is 0 Å². The third-order valence-electron chi connectivity index (χ3n) is 4.68. The number of piperidine rings is 1. The molecule has 1 amide bonds. The van der Waals surface area contributed by atoms with E-state index in [9.17, 15) is 9.90 Å². The Kier molecular flexibility index (Phi) is 4.98. The van der Waals surface area contributed by atoms with Crippen LogP contribution in [0.4, 0.5) is 5.69 Å². The van der Waals surface area contributed by atoms with E-state index in [1.807, 2.05) is 47.8 Å². The number of hydrogen-bond donors (Lipinski definition) is 1. The number of nitrogens with zero attached hydrogens (tertiary/aromatic N) is 2. The second-order valence-corrected chi connectivity index (χ2v) is 7.32. The summed E-state index contributed by atoms with van der Waals surface area (Å²) in [5, 5.41) is 12.3. The van der Waals surface area contributed by atoms with Crippen LogP contribution in [0.25, 0.3) is 0 Å². The Hall–Kier alpha value is -1.69. The van der Waals surface area contributed by atoms with Crippen molar-refractivity contribution in [3.8, 4) is 0 Å². The fourth-order valence-electron chi connectivity index (χ4n) is 3.41. The van der Waals surface area contributed by atoms with Gasteiger partial charge >= 0.3 is 0 Å². The highest BCUT2D eigenvalue weighted by atomic mass is 32.1. The van der Waals surface area contributed by atoms with Gasteiger partial charge in [0.15, 0.2) is 0 Å². The molecule has 1 saturated heterocycles. The Balaban J connectivity index is 1.65. The van der Waals surface area contributed by atoms with Crippen LogP contribution in [0.3, 0.4) is 0 Å². The summed E-state index contributed by atoms with van der Waals surface area (Å²) in [5.74, 6) is -0.358. The Bertz CT molecular complexity index is 745. The molecule has 3 rings (SSSR count). The van der Waals surface area contributed by atoms with E-state index in [0.717, 1.165) is 36.5 Å². The lowest BCUT2D eigenvalue weighted by atomic mass is 10.0. The predicted molar refractivity (Wildman–Crippen MR) is 103 cm³/mol. The highest BCUT2D eigenvalue weighted by Gasteiger charge is 2.29. The van der Waals surface area contributed by atoms with Gasteiger partial charge in [0.1, 0.15) is 6.10 Å². The monoisotopic (exact) mass is 361 g/mol. The number of β-amino-alcohol motifs (C(OH)–C–C–N with tert-alkyl or cyclic N) is 1. The molecule has 1 unspecified atom stereocenters. The Morgan fingerprint density at radius 3 is 2.72 bits per heavy atom. The fourth-order valence-corrected chi connectivity index (χ4v) is 4.11. The number of aliphatic hydroxyl groups is 1. The van der Waals surface area contributed by atoms with Gasteiger partial charge < -0.3 is 14.9 Å². The number of rotatable bonds is 6. The molecule has 0 aliphatic carbocycles. The fraction of sp³-hybridized carbons (Fsp3) is 0.450. The zero-order valence-corrected chi connectivity index (χ0v) is 15.0. The molecule has 25 heavy (non-hydrogen) atoms. The number of hydrogen-bond acceptors (Lipinski definition) is 4. The van der Waals surface area contributed by atoms with Crippen LogP contribution in [-0.4, -0.2) is 41.6 Å². The summed E-state index contributed by atoms with van der Waals surface area (Å²) in [4.78, 5) is 17.6. The number of benzene rings is 1. The van der Waals surface area contributed by atoms with Crippen LogP contribution in [0.5, 0.6) is 0 Å². The minimum Gasteiger partial charge on any atom is -0.386 e. The van der Waals surface area contributed by atoms with E-state index in [2.05, 4.69) is 4.90 Å². The van der Waals surface area contributed by atoms with Crippen molar-refractivity contribution >= 4 is 22.9 Å². The van der Waals surface area contributed by atoms with Crippen molar-refractivity contribution < 1.29 is 14.0 Å². The first kappa shape index (κ1) is 14.5. The molecule has 1 aromatic heterocycles. The SMILES string of the molecule is [2H]C([2H])([2H])CC(=O)N(c1ccccc1)C1CCN(CC(O)c2cccs2)CC1. The lowest BCUT2D eigenvalue weighted by Crippen LogP contribution is -2.48. The zero-order valence-electron chi connectivity index (χ0n) is 17.2. The molecule has 1 atom stereocenters. The van der Waals surface area contributed by atoms with Crippen molar-refractivity contribution in [2.75, 3.05) is 24.5 Å². The lowest BCUT2D eigenvalue weighted by molar-refractivity contribution is -0.119. The third kappa shape index (κ3) is 4.48. The van der Waals surface area contributed by atoms with E-state index in [4.69, 9.17) is 4.11 Å². The Morgan fingerprint density at radius 2 is 2.08 bits per heavy atom. The van der Waals surface area contributed by atoms with Crippen molar-refractivity contribution in [1.82, 2.24) is 4.90 Å². The Morgan fingerprint density at radius 1 is 1.32 bits per heavy atom. The minimum atomic E-state index is -2.28. The number of aliphatic hydroxyl groups excluding tert-OH is 1. The average Bonchev–Trinajstić information content (AvgIpc) is 3.18. The van der Waals surface area contributed by atoms with Crippen LogP contribution in [-0.2, 0) is 4.79 Å². The van der Waals surface area contributed by atoms with Crippen molar-refractivity contribution in [2.24, 2.45) is 0 Å². The molecule has 4 nitrogen and oxygen atoms in total. The number of likely N-dealkylation sites (tertiary alicyclic amines) is 1. The summed E-state index contributed by atoms with van der Waals surface area (Å²) in [6.45, 7) is -0.188. The van der Waals surface area contributed by atoms with Gasteiger partial charge in [-0.3, -0.25) is 4.79 Å². The van der Waals surface area contributed by atoms with Gasteiger partial charge in [-0.15, -0.1) is 11.3 Å². The third-order valence-corrected chi connectivity index (χ3v) is 5.65.